The first kappa shape index (κ1) is 18.0. The summed E-state index contributed by atoms with van der Waals surface area (Å²) in [6.45, 7) is 5.16. The second-order valence-electron chi connectivity index (χ2n) is 5.58. The van der Waals surface area contributed by atoms with Gasteiger partial charge in [0.2, 0.25) is 0 Å². The number of carbonyl (C=O) groups is 2. The van der Waals surface area contributed by atoms with Gasteiger partial charge < -0.3 is 15.2 Å². The molecule has 6 heteroatoms. The molecule has 0 aliphatic rings. The number of hydrogen-bond acceptors (Lipinski definition) is 4. The van der Waals surface area contributed by atoms with E-state index in [-0.39, 0.29) is 6.42 Å². The van der Waals surface area contributed by atoms with Crippen LogP contribution in [-0.2, 0) is 9.53 Å². The molecule has 0 aliphatic heterocycles. The quantitative estimate of drug-likeness (QED) is 0.783. The largest absolute Gasteiger partial charge is 0.480 e. The summed E-state index contributed by atoms with van der Waals surface area (Å²) in [6, 6.07) is 2.93. The second-order valence-corrected chi connectivity index (χ2v) is 6.55. The maximum Gasteiger partial charge on any atom is 0.408 e. The van der Waals surface area contributed by atoms with Crippen LogP contribution in [0.5, 0.6) is 0 Å². The van der Waals surface area contributed by atoms with E-state index in [0.29, 0.717) is 0 Å². The number of aliphatic carboxylic acids is 1. The van der Waals surface area contributed by atoms with Crippen LogP contribution in [-0.4, -0.2) is 28.8 Å². The van der Waals surface area contributed by atoms with Crippen molar-refractivity contribution in [2.24, 2.45) is 0 Å². The fraction of sp³-hybridized carbons (Fsp3) is 0.375. The van der Waals surface area contributed by atoms with Gasteiger partial charge >= 0.3 is 12.1 Å². The zero-order valence-corrected chi connectivity index (χ0v) is 13.7. The molecule has 1 rings (SSSR count). The highest BCUT2D eigenvalue weighted by atomic mass is 32.1. The van der Waals surface area contributed by atoms with Crippen molar-refractivity contribution in [1.82, 2.24) is 5.32 Å². The fourth-order valence-electron chi connectivity index (χ4n) is 1.50. The predicted molar refractivity (Wildman–Crippen MR) is 87.9 cm³/mol. The number of carbonyl (C=O) groups excluding carboxylic acids is 1. The number of rotatable bonds is 6. The number of hydrogen-bond donors (Lipinski definition) is 2. The van der Waals surface area contributed by atoms with Crippen molar-refractivity contribution >= 4 is 29.5 Å². The molecule has 22 heavy (non-hydrogen) atoms. The Balaban J connectivity index is 2.47. The first-order chi connectivity index (χ1) is 10.3. The molecule has 0 saturated heterocycles. The van der Waals surface area contributed by atoms with Gasteiger partial charge in [-0.3, -0.25) is 0 Å². The SMILES string of the molecule is CC(C)(C)OC(=O)N[C@@H](CC=CC=Cc1cccs1)C(=O)O. The topological polar surface area (TPSA) is 75.6 Å². The number of alkyl carbamates (subject to hydrolysis) is 1. The van der Waals surface area contributed by atoms with Crippen LogP contribution in [0.4, 0.5) is 4.79 Å². The van der Waals surface area contributed by atoms with Crippen LogP contribution in [0.3, 0.4) is 0 Å². The van der Waals surface area contributed by atoms with Crippen LogP contribution >= 0.6 is 11.3 Å². The summed E-state index contributed by atoms with van der Waals surface area (Å²) in [5.41, 5.74) is -0.660. The average molecular weight is 323 g/mol. The maximum atomic E-state index is 11.6. The Morgan fingerprint density at radius 1 is 1.41 bits per heavy atom. The van der Waals surface area contributed by atoms with Crippen molar-refractivity contribution in [1.29, 1.82) is 0 Å². The number of amides is 1. The summed E-state index contributed by atoms with van der Waals surface area (Å²) in [5, 5.41) is 13.4. The van der Waals surface area contributed by atoms with Crippen molar-refractivity contribution in [3.05, 3.63) is 40.6 Å². The van der Waals surface area contributed by atoms with Gasteiger partial charge in [-0.1, -0.05) is 24.3 Å². The Kier molecular flexibility index (Phi) is 6.85. The summed E-state index contributed by atoms with van der Waals surface area (Å²) in [7, 11) is 0. The minimum atomic E-state index is -1.10. The van der Waals surface area contributed by atoms with Crippen molar-refractivity contribution in [2.75, 3.05) is 0 Å². The fourth-order valence-corrected chi connectivity index (χ4v) is 2.13. The molecule has 0 aromatic carbocycles. The Hall–Kier alpha value is -2.08. The van der Waals surface area contributed by atoms with E-state index < -0.39 is 23.7 Å². The molecule has 0 saturated carbocycles. The minimum absolute atomic E-state index is 0.184. The summed E-state index contributed by atoms with van der Waals surface area (Å²) in [4.78, 5) is 23.8. The molecule has 1 aromatic rings. The van der Waals surface area contributed by atoms with E-state index in [1.165, 1.54) is 0 Å². The molecule has 2 N–H and O–H groups in total. The molecule has 0 fully saturated rings. The molecule has 0 aliphatic carbocycles. The molecule has 1 heterocycles. The van der Waals surface area contributed by atoms with Crippen molar-refractivity contribution in [3.8, 4) is 0 Å². The van der Waals surface area contributed by atoms with E-state index in [2.05, 4.69) is 5.32 Å². The van der Waals surface area contributed by atoms with E-state index in [1.54, 1.807) is 44.3 Å². The molecular formula is C16H21NO4S. The number of allylic oxidation sites excluding steroid dienone is 2. The molecule has 1 atom stereocenters. The third kappa shape index (κ3) is 7.64. The molecule has 0 bridgehead atoms. The number of ether oxygens (including phenoxy) is 1. The van der Waals surface area contributed by atoms with Crippen molar-refractivity contribution < 1.29 is 19.4 Å². The first-order valence-corrected chi connectivity index (χ1v) is 7.75. The number of nitrogens with one attached hydrogen (secondary N) is 1. The van der Waals surface area contributed by atoms with E-state index in [9.17, 15) is 9.59 Å². The van der Waals surface area contributed by atoms with Crippen LogP contribution in [0.2, 0.25) is 0 Å². The van der Waals surface area contributed by atoms with Crippen LogP contribution < -0.4 is 5.32 Å². The smallest absolute Gasteiger partial charge is 0.408 e. The van der Waals surface area contributed by atoms with Crippen molar-refractivity contribution in [3.63, 3.8) is 0 Å². The molecule has 120 valence electrons. The van der Waals surface area contributed by atoms with E-state index in [4.69, 9.17) is 9.84 Å². The summed E-state index contributed by atoms with van der Waals surface area (Å²) < 4.78 is 5.04. The zero-order chi connectivity index (χ0) is 16.6. The summed E-state index contributed by atoms with van der Waals surface area (Å²) in [5.74, 6) is -1.10. The van der Waals surface area contributed by atoms with E-state index in [1.807, 2.05) is 29.7 Å². The van der Waals surface area contributed by atoms with Gasteiger partial charge in [0.15, 0.2) is 0 Å². The maximum absolute atomic E-state index is 11.6. The Bertz CT molecular complexity index is 541. The van der Waals surface area contributed by atoms with Crippen LogP contribution in [0.25, 0.3) is 6.08 Å². The van der Waals surface area contributed by atoms with Gasteiger partial charge in [-0.15, -0.1) is 11.3 Å². The molecular weight excluding hydrogens is 302 g/mol. The van der Waals surface area contributed by atoms with Gasteiger partial charge in [0, 0.05) is 4.88 Å². The second kappa shape index (κ2) is 8.38. The lowest BCUT2D eigenvalue weighted by Crippen LogP contribution is -2.43. The average Bonchev–Trinajstić information content (AvgIpc) is 2.87. The first-order valence-electron chi connectivity index (χ1n) is 6.87. The number of carboxylic acid groups (broad SMARTS) is 1. The normalized spacial score (nSPS) is 13.4. The number of carboxylic acids is 1. The van der Waals surface area contributed by atoms with Gasteiger partial charge in [0.25, 0.3) is 0 Å². The van der Waals surface area contributed by atoms with E-state index in [0.717, 1.165) is 4.88 Å². The van der Waals surface area contributed by atoms with Crippen molar-refractivity contribution in [2.45, 2.75) is 38.8 Å². The lowest BCUT2D eigenvalue weighted by Gasteiger charge is -2.21. The third-order valence-corrected chi connectivity index (χ3v) is 3.25. The molecule has 0 spiro atoms. The van der Waals surface area contributed by atoms with Crippen LogP contribution in [0.15, 0.2) is 35.7 Å². The monoisotopic (exact) mass is 323 g/mol. The Morgan fingerprint density at radius 3 is 2.68 bits per heavy atom. The van der Waals surface area contributed by atoms with Gasteiger partial charge in [-0.05, 0) is 44.7 Å². The van der Waals surface area contributed by atoms with Gasteiger partial charge in [0.1, 0.15) is 11.6 Å². The standard InChI is InChI=1S/C16H21NO4S/c1-16(2,3)21-15(20)17-13(14(18)19)10-6-4-5-8-12-9-7-11-22-12/h4-9,11,13H,10H2,1-3H3,(H,17,20)(H,18,19)/t13-/m0/s1. The highest BCUT2D eigenvalue weighted by Gasteiger charge is 2.22. The molecule has 5 nitrogen and oxygen atoms in total. The molecule has 0 radical (unpaired) electrons. The Morgan fingerprint density at radius 2 is 2.14 bits per heavy atom. The minimum Gasteiger partial charge on any atom is -0.480 e. The van der Waals surface area contributed by atoms with Gasteiger partial charge in [0.05, 0.1) is 0 Å². The molecule has 1 aromatic heterocycles. The van der Waals surface area contributed by atoms with Gasteiger partial charge in [-0.2, -0.15) is 0 Å². The van der Waals surface area contributed by atoms with Crippen LogP contribution in [0.1, 0.15) is 32.1 Å². The number of thiophene rings is 1. The highest BCUT2D eigenvalue weighted by Crippen LogP contribution is 2.10. The summed E-state index contributed by atoms with van der Waals surface area (Å²) >= 11 is 1.62. The Labute approximate surface area is 134 Å². The molecule has 1 amide bonds. The van der Waals surface area contributed by atoms with Crippen LogP contribution in [0, 0.1) is 0 Å². The lowest BCUT2D eigenvalue weighted by molar-refractivity contribution is -0.139. The van der Waals surface area contributed by atoms with Gasteiger partial charge in [-0.25, -0.2) is 9.59 Å². The lowest BCUT2D eigenvalue weighted by atomic mass is 10.2. The highest BCUT2D eigenvalue weighted by molar-refractivity contribution is 7.10. The van der Waals surface area contributed by atoms with E-state index >= 15 is 0 Å². The molecule has 0 unspecified atom stereocenters. The third-order valence-electron chi connectivity index (χ3n) is 2.41. The predicted octanol–water partition coefficient (Wildman–Crippen LogP) is 3.69. The zero-order valence-electron chi connectivity index (χ0n) is 12.9. The summed E-state index contributed by atoms with van der Waals surface area (Å²) in [6.07, 6.45) is 6.66.